The van der Waals surface area contributed by atoms with E-state index in [0.29, 0.717) is 0 Å². The maximum absolute atomic E-state index is 13.5. The fourth-order valence-corrected chi connectivity index (χ4v) is 13.4. The Hall–Kier alpha value is -6.67. The van der Waals surface area contributed by atoms with Crippen LogP contribution in [-0.2, 0) is 127 Å². The van der Waals surface area contributed by atoms with Crippen LogP contribution in [0.15, 0.2) is 212 Å². The maximum Gasteiger partial charge on any atom is 0.217 e. The highest BCUT2D eigenvalue weighted by atomic mass is 16.8. The normalized spacial score (nSPS) is 31.6. The van der Waals surface area contributed by atoms with Crippen molar-refractivity contribution < 1.29 is 85.7 Å². The first-order valence-electron chi connectivity index (χ1n) is 34.2. The molecule has 522 valence electrons. The molecule has 0 saturated carbocycles. The second-order valence-electron chi connectivity index (χ2n) is 26.2. The van der Waals surface area contributed by atoms with Gasteiger partial charge in [0.2, 0.25) is 5.91 Å². The van der Waals surface area contributed by atoms with Crippen LogP contribution in [0, 0.1) is 0 Å². The maximum atomic E-state index is 13.5. The molecule has 5 aliphatic heterocycles. The minimum atomic E-state index is -1.45. The monoisotopic (exact) mass is 1340 g/mol. The zero-order chi connectivity index (χ0) is 67.8. The third-order valence-electron chi connectivity index (χ3n) is 18.4. The standard InChI is InChI=1S/C79H93NO18/c1-51-66(84-43-56-30-16-8-17-31-56)71(87-46-59-36-22-11-23-37-59)68(53(3)91-51)95-78-75(97-76-64(80-54(4)81)65(82)69-63(93-76)50-90-79(5,6)98-69)73(67(52(2)92-78)85-44-57-32-18-9-19-33-57)96-77-74(89-48-61-40-26-13-27-41-61)72(88-47-60-38-24-12-25-39-60)70(86-45-58-34-20-10-21-35-58)62(94-77)49-83-42-55-28-14-7-15-29-55/h7-41,51-53,62-78,82H,42-50H2,1-6H3,(H,80,81)/t51?,52?,53-,62+,63?,64?,65+,66-,67-,68?,69-,70+,71+,72?,73+,74?,75?,76-,77+,78-/m0/s1. The van der Waals surface area contributed by atoms with E-state index >= 15 is 0 Å². The Balaban J connectivity index is 0.984. The molecule has 0 aromatic heterocycles. The van der Waals surface area contributed by atoms with Crippen molar-refractivity contribution in [3.63, 3.8) is 0 Å². The molecule has 19 nitrogen and oxygen atoms in total. The number of aliphatic hydroxyl groups is 1. The molecule has 1 amide bonds. The lowest BCUT2D eigenvalue weighted by Gasteiger charge is -2.53. The molecule has 8 unspecified atom stereocenters. The summed E-state index contributed by atoms with van der Waals surface area (Å²) in [4.78, 5) is 13.5. The van der Waals surface area contributed by atoms with Crippen molar-refractivity contribution in [3.8, 4) is 0 Å². The molecule has 12 rings (SSSR count). The van der Waals surface area contributed by atoms with Crippen LogP contribution >= 0.6 is 0 Å². The number of fused-ring (bicyclic) bond motifs is 1. The van der Waals surface area contributed by atoms with Crippen molar-refractivity contribution in [2.45, 2.75) is 216 Å². The fraction of sp³-hybridized carbons (Fsp3) is 0.456. The van der Waals surface area contributed by atoms with E-state index in [1.165, 1.54) is 6.92 Å². The lowest BCUT2D eigenvalue weighted by Crippen LogP contribution is -2.71. The molecule has 0 spiro atoms. The first-order valence-corrected chi connectivity index (χ1v) is 34.2. The van der Waals surface area contributed by atoms with Crippen molar-refractivity contribution in [1.82, 2.24) is 5.32 Å². The van der Waals surface area contributed by atoms with Crippen molar-refractivity contribution >= 4 is 5.91 Å². The van der Waals surface area contributed by atoms with E-state index in [2.05, 4.69) is 5.32 Å². The minimum Gasteiger partial charge on any atom is -0.388 e. The quantitative estimate of drug-likeness (QED) is 0.0449. The highest BCUT2D eigenvalue weighted by molar-refractivity contribution is 5.73. The first-order chi connectivity index (χ1) is 47.8. The summed E-state index contributed by atoms with van der Waals surface area (Å²) < 4.78 is 113. The first kappa shape index (κ1) is 71.2. The number of amides is 1. The Morgan fingerprint density at radius 2 is 0.776 bits per heavy atom. The number of nitrogens with one attached hydrogen (secondary N) is 1. The lowest BCUT2D eigenvalue weighted by molar-refractivity contribution is -0.412. The average Bonchev–Trinajstić information content (AvgIpc) is 0.759. The highest BCUT2D eigenvalue weighted by Crippen LogP contribution is 2.41. The molecule has 5 fully saturated rings. The molecule has 7 aromatic rings. The second kappa shape index (κ2) is 34.6. The molecule has 5 aliphatic rings. The molecule has 2 N–H and O–H groups in total. The second-order valence-corrected chi connectivity index (χ2v) is 26.2. The molecule has 20 atom stereocenters. The Labute approximate surface area is 575 Å². The zero-order valence-corrected chi connectivity index (χ0v) is 56.5. The molecule has 0 aliphatic carbocycles. The molecule has 0 bridgehead atoms. The predicted molar refractivity (Wildman–Crippen MR) is 361 cm³/mol. The number of hydrogen-bond acceptors (Lipinski definition) is 18. The van der Waals surface area contributed by atoms with E-state index in [1.807, 2.05) is 233 Å². The number of hydrogen-bond donors (Lipinski definition) is 2. The minimum absolute atomic E-state index is 0.0180. The summed E-state index contributed by atoms with van der Waals surface area (Å²) in [7, 11) is 0. The van der Waals surface area contributed by atoms with Gasteiger partial charge in [0.15, 0.2) is 24.7 Å². The van der Waals surface area contributed by atoms with Crippen LogP contribution in [0.5, 0.6) is 0 Å². The van der Waals surface area contributed by atoms with Gasteiger partial charge < -0.3 is 86.2 Å². The topological polar surface area (TPSA) is 197 Å². The number of rotatable bonds is 29. The number of aliphatic hydroxyl groups excluding tert-OH is 1. The summed E-state index contributed by atoms with van der Waals surface area (Å²) in [6, 6.07) is 68.0. The Morgan fingerprint density at radius 1 is 0.418 bits per heavy atom. The average molecular weight is 1340 g/mol. The summed E-state index contributed by atoms with van der Waals surface area (Å²) in [5.74, 6) is -1.55. The van der Waals surface area contributed by atoms with Crippen molar-refractivity contribution in [2.75, 3.05) is 13.2 Å². The summed E-state index contributed by atoms with van der Waals surface area (Å²) in [5.41, 5.74) is 6.45. The molecule has 0 radical (unpaired) electrons. The Kier molecular flexibility index (Phi) is 25.1. The molecular weight excluding hydrogens is 1250 g/mol. The van der Waals surface area contributed by atoms with Gasteiger partial charge in [0, 0.05) is 6.92 Å². The van der Waals surface area contributed by atoms with Crippen LogP contribution in [0.3, 0.4) is 0 Å². The van der Waals surface area contributed by atoms with E-state index in [9.17, 15) is 9.90 Å². The van der Waals surface area contributed by atoms with E-state index in [1.54, 1.807) is 13.8 Å². The summed E-state index contributed by atoms with van der Waals surface area (Å²) in [6.07, 6.45) is -19.0. The summed E-state index contributed by atoms with van der Waals surface area (Å²) in [5, 5.41) is 15.5. The third-order valence-corrected chi connectivity index (χ3v) is 18.4. The van der Waals surface area contributed by atoms with E-state index in [4.69, 9.17) is 75.8 Å². The third kappa shape index (κ3) is 18.8. The van der Waals surface area contributed by atoms with Gasteiger partial charge in [0.1, 0.15) is 85.4 Å². The molecule has 7 aromatic carbocycles. The number of ether oxygens (including phenoxy) is 16. The van der Waals surface area contributed by atoms with Crippen molar-refractivity contribution in [3.05, 3.63) is 251 Å². The van der Waals surface area contributed by atoms with Crippen LogP contribution in [0.25, 0.3) is 0 Å². The lowest BCUT2D eigenvalue weighted by atomic mass is 9.93. The predicted octanol–water partition coefficient (Wildman–Crippen LogP) is 10.9. The molecule has 5 heterocycles. The summed E-state index contributed by atoms with van der Waals surface area (Å²) in [6.45, 7) is 12.0. The number of carbonyl (C=O) groups is 1. The van der Waals surface area contributed by atoms with Gasteiger partial charge >= 0.3 is 0 Å². The van der Waals surface area contributed by atoms with Crippen LogP contribution in [0.2, 0.25) is 0 Å². The van der Waals surface area contributed by atoms with Gasteiger partial charge in [0.25, 0.3) is 0 Å². The zero-order valence-electron chi connectivity index (χ0n) is 56.5. The van der Waals surface area contributed by atoms with E-state index in [0.717, 1.165) is 38.9 Å². The SMILES string of the molecule is CC(=O)NC1[C@H](OC2[C@H](OC3[C@H](C)OC(C)[C@H](OCc4ccccc4)[C@H]3OCc3ccccc3)OC(C)[C@H](OCc3ccccc3)[C@H]2O[C@H]2O[C@H](COCc3ccccc3)[C@@H](OCc3ccccc3)C(OCc3ccccc3)C2OCc2ccccc2)OC2COC(C)(C)O[C@@H]2[C@@H]1O. The van der Waals surface area contributed by atoms with E-state index < -0.39 is 134 Å². The molecule has 19 heteroatoms. The van der Waals surface area contributed by atoms with E-state index in [-0.39, 0.29) is 59.5 Å². The highest BCUT2D eigenvalue weighted by Gasteiger charge is 2.59. The summed E-state index contributed by atoms with van der Waals surface area (Å²) >= 11 is 0. The number of benzene rings is 7. The van der Waals surface area contributed by atoms with Gasteiger partial charge in [-0.1, -0.05) is 212 Å². The Bertz CT molecular complexity index is 3460. The molecule has 98 heavy (non-hydrogen) atoms. The van der Waals surface area contributed by atoms with Gasteiger partial charge in [-0.25, -0.2) is 0 Å². The number of carbonyl (C=O) groups excluding carboxylic acids is 1. The van der Waals surface area contributed by atoms with Gasteiger partial charge in [-0.05, 0) is 73.6 Å². The largest absolute Gasteiger partial charge is 0.388 e. The van der Waals surface area contributed by atoms with Crippen molar-refractivity contribution in [1.29, 1.82) is 0 Å². The van der Waals surface area contributed by atoms with Crippen LogP contribution in [0.1, 0.15) is 80.5 Å². The smallest absolute Gasteiger partial charge is 0.217 e. The van der Waals surface area contributed by atoms with Crippen molar-refractivity contribution in [2.24, 2.45) is 0 Å². The fourth-order valence-electron chi connectivity index (χ4n) is 13.4. The van der Waals surface area contributed by atoms with Gasteiger partial charge in [-0.3, -0.25) is 4.79 Å². The van der Waals surface area contributed by atoms with Gasteiger partial charge in [0.05, 0.1) is 77.8 Å². The molecular formula is C79H93NO18. The molecule has 5 saturated heterocycles. The van der Waals surface area contributed by atoms with Crippen LogP contribution in [0.4, 0.5) is 0 Å². The van der Waals surface area contributed by atoms with Crippen LogP contribution < -0.4 is 5.32 Å². The van der Waals surface area contributed by atoms with Gasteiger partial charge in [-0.15, -0.1) is 0 Å². The van der Waals surface area contributed by atoms with Crippen LogP contribution in [-0.4, -0.2) is 153 Å². The van der Waals surface area contributed by atoms with Gasteiger partial charge in [-0.2, -0.15) is 0 Å². The Morgan fingerprint density at radius 3 is 1.23 bits per heavy atom.